The van der Waals surface area contributed by atoms with Gasteiger partial charge in [0.2, 0.25) is 0 Å². The lowest BCUT2D eigenvalue weighted by Gasteiger charge is -2.17. The van der Waals surface area contributed by atoms with Gasteiger partial charge in [-0.25, -0.2) is 4.57 Å². The van der Waals surface area contributed by atoms with E-state index in [9.17, 15) is 4.57 Å². The van der Waals surface area contributed by atoms with Crippen molar-refractivity contribution in [2.24, 2.45) is 0 Å². The van der Waals surface area contributed by atoms with Crippen LogP contribution in [0.3, 0.4) is 0 Å². The van der Waals surface area contributed by atoms with E-state index in [1.165, 1.54) is 0 Å². The molecule has 0 spiro atoms. The van der Waals surface area contributed by atoms with E-state index in [2.05, 4.69) is 0 Å². The van der Waals surface area contributed by atoms with E-state index < -0.39 is 7.82 Å². The molecule has 8 heteroatoms. The third-order valence-corrected chi connectivity index (χ3v) is 6.09. The molecule has 0 saturated carbocycles. The fourth-order valence-electron chi connectivity index (χ4n) is 2.74. The summed E-state index contributed by atoms with van der Waals surface area (Å²) in [7, 11) is -4.49. The van der Waals surface area contributed by atoms with Crippen LogP contribution in [0.25, 0.3) is 0 Å². The van der Waals surface area contributed by atoms with Gasteiger partial charge in [0.05, 0.1) is 0 Å². The molecule has 0 aliphatic rings. The molecule has 3 aromatic carbocycles. The standard InChI is InChI=1S/C24H27O7P/c1-16-10-7-13-22(19(16)4)26-29-32(25,30-27-23-14-8-11-17(2)20(23)5)31-28-24-15-9-12-18(3)21(24)6/h7-15H,1-6H3. The third-order valence-electron chi connectivity index (χ3n) is 5.32. The monoisotopic (exact) mass is 458 g/mol. The molecule has 0 fully saturated rings. The Morgan fingerprint density at radius 3 is 1.06 bits per heavy atom. The van der Waals surface area contributed by atoms with Crippen LogP contribution in [0, 0.1) is 41.5 Å². The highest BCUT2D eigenvalue weighted by Crippen LogP contribution is 2.51. The van der Waals surface area contributed by atoms with Crippen molar-refractivity contribution in [1.29, 1.82) is 0 Å². The summed E-state index contributed by atoms with van der Waals surface area (Å²) in [5.74, 6) is 1.07. The van der Waals surface area contributed by atoms with Crippen LogP contribution in [0.2, 0.25) is 0 Å². The second kappa shape index (κ2) is 10.2. The lowest BCUT2D eigenvalue weighted by Crippen LogP contribution is -2.09. The van der Waals surface area contributed by atoms with Gasteiger partial charge in [-0.3, -0.25) is 0 Å². The van der Waals surface area contributed by atoms with Crippen LogP contribution in [-0.2, 0) is 18.6 Å². The molecule has 0 N–H and O–H groups in total. The topological polar surface area (TPSA) is 72.5 Å². The Morgan fingerprint density at radius 2 is 0.781 bits per heavy atom. The first-order chi connectivity index (χ1) is 15.2. The van der Waals surface area contributed by atoms with E-state index in [-0.39, 0.29) is 0 Å². The van der Waals surface area contributed by atoms with E-state index in [1.807, 2.05) is 59.7 Å². The van der Waals surface area contributed by atoms with Gasteiger partial charge in [-0.15, -0.1) is 0 Å². The van der Waals surface area contributed by atoms with E-state index in [0.717, 1.165) is 33.4 Å². The Hall–Kier alpha value is -2.83. The van der Waals surface area contributed by atoms with Crippen molar-refractivity contribution < 1.29 is 33.3 Å². The van der Waals surface area contributed by atoms with Crippen molar-refractivity contribution in [1.82, 2.24) is 0 Å². The van der Waals surface area contributed by atoms with Crippen molar-refractivity contribution in [3.63, 3.8) is 0 Å². The smallest absolute Gasteiger partial charge is 0.327 e. The summed E-state index contributed by atoms with van der Waals surface area (Å²) >= 11 is 0. The molecule has 0 aliphatic carbocycles. The lowest BCUT2D eigenvalue weighted by atomic mass is 10.1. The second-order valence-corrected chi connectivity index (χ2v) is 8.86. The molecule has 32 heavy (non-hydrogen) atoms. The highest BCUT2D eigenvalue weighted by atomic mass is 31.2. The zero-order chi connectivity index (χ0) is 23.3. The molecular weight excluding hydrogens is 431 g/mol. The van der Waals surface area contributed by atoms with Crippen molar-refractivity contribution in [2.45, 2.75) is 41.5 Å². The van der Waals surface area contributed by atoms with Crippen LogP contribution in [0.15, 0.2) is 54.6 Å². The van der Waals surface area contributed by atoms with Crippen molar-refractivity contribution >= 4 is 7.82 Å². The fraction of sp³-hybridized carbons (Fsp3) is 0.250. The first kappa shape index (κ1) is 23.8. The summed E-state index contributed by atoms with van der Waals surface area (Å²) in [5.41, 5.74) is 5.35. The highest BCUT2D eigenvalue weighted by Gasteiger charge is 2.36. The van der Waals surface area contributed by atoms with Crippen molar-refractivity contribution in [3.05, 3.63) is 88.0 Å². The Kier molecular flexibility index (Phi) is 7.59. The molecule has 0 unspecified atom stereocenters. The molecule has 170 valence electrons. The lowest BCUT2D eigenvalue weighted by molar-refractivity contribution is -0.238. The minimum Gasteiger partial charge on any atom is -0.327 e. The van der Waals surface area contributed by atoms with Gasteiger partial charge in [0.15, 0.2) is 17.2 Å². The maximum atomic E-state index is 13.3. The van der Waals surface area contributed by atoms with Crippen LogP contribution in [-0.4, -0.2) is 0 Å². The summed E-state index contributed by atoms with van der Waals surface area (Å²) in [6.45, 7) is 11.3. The van der Waals surface area contributed by atoms with Crippen molar-refractivity contribution in [2.75, 3.05) is 0 Å². The fourth-order valence-corrected chi connectivity index (χ4v) is 3.33. The molecule has 0 heterocycles. The Morgan fingerprint density at radius 1 is 0.500 bits per heavy atom. The molecule has 0 bridgehead atoms. The first-order valence-corrected chi connectivity index (χ1v) is 11.5. The van der Waals surface area contributed by atoms with Crippen LogP contribution in [0.1, 0.15) is 33.4 Å². The van der Waals surface area contributed by atoms with Crippen LogP contribution in [0.5, 0.6) is 17.2 Å². The molecule has 0 atom stereocenters. The molecular formula is C24H27O7P. The molecule has 3 aromatic rings. The minimum absolute atomic E-state index is 0.357. The number of hydrogen-bond acceptors (Lipinski definition) is 7. The van der Waals surface area contributed by atoms with E-state index in [4.69, 9.17) is 28.7 Å². The molecule has 0 aliphatic heterocycles. The van der Waals surface area contributed by atoms with E-state index in [1.54, 1.807) is 36.4 Å². The van der Waals surface area contributed by atoms with Gasteiger partial charge in [-0.2, -0.15) is 0 Å². The molecule has 0 amide bonds. The quantitative estimate of drug-likeness (QED) is 0.195. The number of aryl methyl sites for hydroxylation is 3. The SMILES string of the molecule is Cc1cccc(OOP(=O)(OOc2cccc(C)c2C)OOc2cccc(C)c2C)c1C. The van der Waals surface area contributed by atoms with Crippen LogP contribution >= 0.6 is 7.82 Å². The molecule has 0 aromatic heterocycles. The van der Waals surface area contributed by atoms with Crippen LogP contribution in [0.4, 0.5) is 0 Å². The first-order valence-electron chi connectivity index (χ1n) is 10.1. The highest BCUT2D eigenvalue weighted by molar-refractivity contribution is 7.48. The zero-order valence-corrected chi connectivity index (χ0v) is 19.9. The third kappa shape index (κ3) is 5.69. The van der Waals surface area contributed by atoms with Crippen LogP contribution < -0.4 is 14.7 Å². The Labute approximate surface area is 188 Å². The molecule has 0 radical (unpaired) electrons. The number of hydrogen-bond donors (Lipinski definition) is 0. The average Bonchev–Trinajstić information content (AvgIpc) is 2.77. The van der Waals surface area contributed by atoms with Gasteiger partial charge >= 0.3 is 7.82 Å². The maximum Gasteiger partial charge on any atom is 0.583 e. The number of phosphoric acid groups is 1. The summed E-state index contributed by atoms with van der Waals surface area (Å²) in [4.78, 5) is 15.9. The summed E-state index contributed by atoms with van der Waals surface area (Å²) in [6.07, 6.45) is 0. The Balaban J connectivity index is 1.80. The predicted molar refractivity (Wildman–Crippen MR) is 120 cm³/mol. The molecule has 3 rings (SSSR count). The summed E-state index contributed by atoms with van der Waals surface area (Å²) in [6, 6.07) is 16.1. The zero-order valence-electron chi connectivity index (χ0n) is 19.0. The predicted octanol–water partition coefficient (Wildman–Crippen LogP) is 6.98. The average molecular weight is 458 g/mol. The summed E-state index contributed by atoms with van der Waals surface area (Å²) in [5, 5.41) is 0. The maximum absolute atomic E-state index is 13.3. The van der Waals surface area contributed by atoms with Gasteiger partial charge in [0.25, 0.3) is 0 Å². The normalized spacial score (nSPS) is 11.3. The van der Waals surface area contributed by atoms with Crippen molar-refractivity contribution in [3.8, 4) is 17.2 Å². The van der Waals surface area contributed by atoms with Gasteiger partial charge in [0.1, 0.15) is 0 Å². The minimum atomic E-state index is -4.49. The van der Waals surface area contributed by atoms with Gasteiger partial charge in [-0.05, 0) is 93.1 Å². The number of benzene rings is 3. The van der Waals surface area contributed by atoms with E-state index in [0.29, 0.717) is 17.2 Å². The molecule has 7 nitrogen and oxygen atoms in total. The van der Waals surface area contributed by atoms with Gasteiger partial charge in [0, 0.05) is 0 Å². The number of rotatable bonds is 9. The molecule has 0 saturated heterocycles. The Bertz CT molecular complexity index is 1000. The largest absolute Gasteiger partial charge is 0.583 e. The summed E-state index contributed by atoms with van der Waals surface area (Å²) < 4.78 is 28.6. The van der Waals surface area contributed by atoms with Gasteiger partial charge < -0.3 is 14.7 Å². The second-order valence-electron chi connectivity index (χ2n) is 7.51. The van der Waals surface area contributed by atoms with E-state index >= 15 is 0 Å². The van der Waals surface area contributed by atoms with Gasteiger partial charge in [-0.1, -0.05) is 50.4 Å².